The molecule has 4 rings (SSSR count). The van der Waals surface area contributed by atoms with E-state index in [4.69, 9.17) is 0 Å². The smallest absolute Gasteiger partial charge is 0.219 e. The quantitative estimate of drug-likeness (QED) is 0.636. The van der Waals surface area contributed by atoms with E-state index in [-0.39, 0.29) is 5.91 Å². The number of hydrogen-bond donors (Lipinski definition) is 1. The highest BCUT2D eigenvalue weighted by atomic mass is 16.1. The third kappa shape index (κ3) is 5.83. The molecule has 0 aromatic rings. The van der Waals surface area contributed by atoms with Crippen LogP contribution >= 0.6 is 0 Å². The van der Waals surface area contributed by atoms with Crippen LogP contribution < -0.4 is 5.32 Å². The van der Waals surface area contributed by atoms with Gasteiger partial charge in [-0.05, 0) is 123 Å². The third-order valence-corrected chi connectivity index (χ3v) is 9.09. The number of nitrogens with zero attached hydrogens (tertiary/aromatic N) is 3. The molecule has 0 radical (unpaired) electrons. The molecule has 4 aliphatic rings. The molecule has 31 heavy (non-hydrogen) atoms. The van der Waals surface area contributed by atoms with E-state index in [1.54, 1.807) is 0 Å². The summed E-state index contributed by atoms with van der Waals surface area (Å²) in [5.74, 6) is 2.79. The fourth-order valence-electron chi connectivity index (χ4n) is 7.38. The zero-order valence-electron chi connectivity index (χ0n) is 20.5. The first-order valence-electron chi connectivity index (χ1n) is 13.5. The van der Waals surface area contributed by atoms with Gasteiger partial charge in [0.25, 0.3) is 0 Å². The van der Waals surface area contributed by atoms with Crippen LogP contribution in [0.2, 0.25) is 0 Å². The van der Waals surface area contributed by atoms with Gasteiger partial charge < -0.3 is 15.1 Å². The van der Waals surface area contributed by atoms with Crippen molar-refractivity contribution in [1.82, 2.24) is 20.0 Å². The molecule has 4 atom stereocenters. The number of amides is 1. The summed E-state index contributed by atoms with van der Waals surface area (Å²) in [6.45, 7) is 11.8. The Morgan fingerprint density at radius 2 is 1.74 bits per heavy atom. The van der Waals surface area contributed by atoms with Gasteiger partial charge in [-0.3, -0.25) is 9.69 Å². The van der Waals surface area contributed by atoms with Crippen molar-refractivity contribution in [3.8, 4) is 0 Å². The molecule has 1 N–H and O–H groups in total. The molecule has 0 saturated carbocycles. The van der Waals surface area contributed by atoms with Gasteiger partial charge in [-0.15, -0.1) is 0 Å². The van der Waals surface area contributed by atoms with Crippen LogP contribution in [0.1, 0.15) is 78.1 Å². The summed E-state index contributed by atoms with van der Waals surface area (Å²) < 4.78 is 0. The Morgan fingerprint density at radius 3 is 2.48 bits per heavy atom. The predicted molar refractivity (Wildman–Crippen MR) is 128 cm³/mol. The fraction of sp³-hybridized carbons (Fsp3) is 0.962. The molecular formula is C26H48N4O. The molecule has 4 aliphatic heterocycles. The second-order valence-electron chi connectivity index (χ2n) is 11.3. The molecule has 1 amide bonds. The molecule has 0 spiro atoms. The largest absolute Gasteiger partial charge is 0.356 e. The Hall–Kier alpha value is -0.650. The molecule has 0 aliphatic carbocycles. The van der Waals surface area contributed by atoms with Crippen molar-refractivity contribution >= 4 is 5.91 Å². The lowest BCUT2D eigenvalue weighted by Crippen LogP contribution is -2.63. The third-order valence-electron chi connectivity index (χ3n) is 9.09. The predicted octanol–water partition coefficient (Wildman–Crippen LogP) is 3.59. The summed E-state index contributed by atoms with van der Waals surface area (Å²) in [5.41, 5.74) is 0. The highest BCUT2D eigenvalue weighted by molar-refractivity contribution is 5.75. The van der Waals surface area contributed by atoms with Crippen LogP contribution in [0.4, 0.5) is 0 Å². The SMILES string of the molecule is CC(C)N1CCC(CCNC(=O)CCC[C@@H]2[C@H]3CCCN4CCC[C@@H](CN2C)[C@@H]34)CC1. The van der Waals surface area contributed by atoms with Gasteiger partial charge in [0.05, 0.1) is 0 Å². The molecule has 178 valence electrons. The van der Waals surface area contributed by atoms with E-state index in [9.17, 15) is 4.79 Å². The van der Waals surface area contributed by atoms with Crippen LogP contribution in [-0.2, 0) is 4.79 Å². The van der Waals surface area contributed by atoms with E-state index in [0.717, 1.165) is 43.2 Å². The second-order valence-corrected chi connectivity index (χ2v) is 11.3. The molecule has 5 nitrogen and oxygen atoms in total. The summed E-state index contributed by atoms with van der Waals surface area (Å²) in [6.07, 6.45) is 12.3. The Kier molecular flexibility index (Phi) is 8.33. The number of carbonyl (C=O) groups excluding carboxylic acids is 1. The van der Waals surface area contributed by atoms with Crippen molar-refractivity contribution in [3.05, 3.63) is 0 Å². The number of piperidine rings is 4. The summed E-state index contributed by atoms with van der Waals surface area (Å²) in [5, 5.41) is 3.23. The Labute approximate surface area is 191 Å². The monoisotopic (exact) mass is 432 g/mol. The summed E-state index contributed by atoms with van der Waals surface area (Å²) in [7, 11) is 2.35. The van der Waals surface area contributed by atoms with Crippen molar-refractivity contribution in [2.24, 2.45) is 17.8 Å². The normalized spacial score (nSPS) is 33.4. The van der Waals surface area contributed by atoms with Crippen LogP contribution in [0, 0.1) is 17.8 Å². The minimum atomic E-state index is 0.277. The molecule has 4 heterocycles. The maximum absolute atomic E-state index is 12.5. The van der Waals surface area contributed by atoms with Gasteiger partial charge in [0.2, 0.25) is 5.91 Å². The number of rotatable bonds is 8. The van der Waals surface area contributed by atoms with Crippen molar-refractivity contribution in [2.45, 2.75) is 96.2 Å². The lowest BCUT2D eigenvalue weighted by Gasteiger charge is -2.57. The highest BCUT2D eigenvalue weighted by Gasteiger charge is 2.47. The van der Waals surface area contributed by atoms with Crippen molar-refractivity contribution in [1.29, 1.82) is 0 Å². The highest BCUT2D eigenvalue weighted by Crippen LogP contribution is 2.42. The molecule has 4 saturated heterocycles. The standard InChI is InChI=1S/C26H48N4O/c1-20(2)29-17-12-21(13-18-29)11-14-27-25(31)10-4-9-24-23-8-6-16-30-15-5-7-22(26(23)30)19-28(24)3/h20-24,26H,4-19H2,1-3H3,(H,27,31)/t22-,23+,24+,26-/m0/s1. The average Bonchev–Trinajstić information content (AvgIpc) is 2.76. The van der Waals surface area contributed by atoms with Crippen molar-refractivity contribution in [2.75, 3.05) is 46.3 Å². The number of nitrogens with one attached hydrogen (secondary N) is 1. The zero-order chi connectivity index (χ0) is 21.8. The van der Waals surface area contributed by atoms with Crippen LogP contribution in [0.3, 0.4) is 0 Å². The first kappa shape index (κ1) is 23.5. The van der Waals surface area contributed by atoms with E-state index in [0.29, 0.717) is 18.5 Å². The van der Waals surface area contributed by atoms with Gasteiger partial charge in [0.15, 0.2) is 0 Å². The van der Waals surface area contributed by atoms with Crippen LogP contribution in [0.15, 0.2) is 0 Å². The molecule has 0 unspecified atom stereocenters. The van der Waals surface area contributed by atoms with Gasteiger partial charge >= 0.3 is 0 Å². The van der Waals surface area contributed by atoms with Gasteiger partial charge in [-0.25, -0.2) is 0 Å². The van der Waals surface area contributed by atoms with Crippen molar-refractivity contribution in [3.63, 3.8) is 0 Å². The van der Waals surface area contributed by atoms with Crippen LogP contribution in [-0.4, -0.2) is 85.0 Å². The Balaban J connectivity index is 1.14. The van der Waals surface area contributed by atoms with E-state index >= 15 is 0 Å². The van der Waals surface area contributed by atoms with Crippen LogP contribution in [0.5, 0.6) is 0 Å². The topological polar surface area (TPSA) is 38.8 Å². The fourth-order valence-corrected chi connectivity index (χ4v) is 7.38. The van der Waals surface area contributed by atoms with E-state index in [2.05, 4.69) is 40.9 Å². The lowest BCUT2D eigenvalue weighted by molar-refractivity contribution is -0.121. The van der Waals surface area contributed by atoms with Gasteiger partial charge in [-0.1, -0.05) is 0 Å². The number of likely N-dealkylation sites (tertiary alicyclic amines) is 2. The first-order valence-corrected chi connectivity index (χ1v) is 13.5. The second kappa shape index (κ2) is 11.0. The zero-order valence-corrected chi connectivity index (χ0v) is 20.5. The van der Waals surface area contributed by atoms with Gasteiger partial charge in [0, 0.05) is 37.6 Å². The van der Waals surface area contributed by atoms with Crippen molar-refractivity contribution < 1.29 is 4.79 Å². The minimum Gasteiger partial charge on any atom is -0.356 e. The maximum atomic E-state index is 12.5. The van der Waals surface area contributed by atoms with Gasteiger partial charge in [-0.2, -0.15) is 0 Å². The maximum Gasteiger partial charge on any atom is 0.219 e. The lowest BCUT2D eigenvalue weighted by atomic mass is 9.69. The summed E-state index contributed by atoms with van der Waals surface area (Å²) in [6, 6.07) is 2.19. The molecular weight excluding hydrogens is 384 g/mol. The molecule has 4 fully saturated rings. The number of carbonyl (C=O) groups is 1. The van der Waals surface area contributed by atoms with Gasteiger partial charge in [0.1, 0.15) is 0 Å². The number of hydrogen-bond acceptors (Lipinski definition) is 4. The average molecular weight is 433 g/mol. The molecule has 0 aromatic carbocycles. The molecule has 5 heteroatoms. The summed E-state index contributed by atoms with van der Waals surface area (Å²) in [4.78, 5) is 20.5. The van der Waals surface area contributed by atoms with Crippen LogP contribution in [0.25, 0.3) is 0 Å². The Morgan fingerprint density at radius 1 is 1.00 bits per heavy atom. The van der Waals surface area contributed by atoms with E-state index < -0.39 is 0 Å². The molecule has 0 aromatic heterocycles. The summed E-state index contributed by atoms with van der Waals surface area (Å²) >= 11 is 0. The first-order chi connectivity index (χ1) is 15.0. The van der Waals surface area contributed by atoms with E-state index in [1.165, 1.54) is 77.7 Å². The molecule has 0 bridgehead atoms. The van der Waals surface area contributed by atoms with E-state index in [1.807, 2.05) is 0 Å². The minimum absolute atomic E-state index is 0.277. The Bertz CT molecular complexity index is 572.